The molecule has 100 valence electrons. The Morgan fingerprint density at radius 3 is 2.35 bits per heavy atom. The van der Waals surface area contributed by atoms with Crippen LogP contribution >= 0.6 is 0 Å². The standard InChI is InChI=1S/C12H24N2O3/c1-3-12(2,13)11(17)14-9-7-5-4-6-8-10(15)16/h3-9,13H2,1-2H3,(H,14,17)(H,15,16). The third-order valence-corrected chi connectivity index (χ3v) is 2.86. The number of amides is 1. The fraction of sp³-hybridized carbons (Fsp3) is 0.833. The van der Waals surface area contributed by atoms with Crippen molar-refractivity contribution in [1.29, 1.82) is 0 Å². The molecule has 0 saturated heterocycles. The van der Waals surface area contributed by atoms with Crippen molar-refractivity contribution in [2.45, 2.75) is 57.9 Å². The normalized spacial score (nSPS) is 14.1. The summed E-state index contributed by atoms with van der Waals surface area (Å²) in [4.78, 5) is 21.8. The molecule has 17 heavy (non-hydrogen) atoms. The van der Waals surface area contributed by atoms with Crippen molar-refractivity contribution in [2.24, 2.45) is 5.73 Å². The maximum Gasteiger partial charge on any atom is 0.303 e. The number of carbonyl (C=O) groups is 2. The van der Waals surface area contributed by atoms with Crippen molar-refractivity contribution in [1.82, 2.24) is 5.32 Å². The molecule has 1 amide bonds. The highest BCUT2D eigenvalue weighted by Crippen LogP contribution is 2.05. The Bertz CT molecular complexity index is 252. The summed E-state index contributed by atoms with van der Waals surface area (Å²) < 4.78 is 0. The smallest absolute Gasteiger partial charge is 0.303 e. The zero-order valence-electron chi connectivity index (χ0n) is 10.8. The van der Waals surface area contributed by atoms with E-state index in [1.807, 2.05) is 6.92 Å². The molecule has 0 aliphatic carbocycles. The summed E-state index contributed by atoms with van der Waals surface area (Å²) in [6.07, 6.45) is 4.22. The number of nitrogens with one attached hydrogen (secondary N) is 1. The molecule has 0 aromatic carbocycles. The average Bonchev–Trinajstić information content (AvgIpc) is 2.27. The SMILES string of the molecule is CCC(C)(N)C(=O)NCCCCCCC(=O)O. The Balaban J connectivity index is 3.46. The van der Waals surface area contributed by atoms with Gasteiger partial charge in [-0.3, -0.25) is 9.59 Å². The molecule has 5 heteroatoms. The lowest BCUT2D eigenvalue weighted by Gasteiger charge is -2.21. The summed E-state index contributed by atoms with van der Waals surface area (Å²) in [6.45, 7) is 4.21. The molecule has 1 atom stereocenters. The monoisotopic (exact) mass is 244 g/mol. The molecule has 0 rings (SSSR count). The van der Waals surface area contributed by atoms with Gasteiger partial charge in [0.2, 0.25) is 5.91 Å². The van der Waals surface area contributed by atoms with E-state index in [4.69, 9.17) is 10.8 Å². The predicted molar refractivity (Wildman–Crippen MR) is 66.6 cm³/mol. The summed E-state index contributed by atoms with van der Waals surface area (Å²) >= 11 is 0. The number of hydrogen-bond acceptors (Lipinski definition) is 3. The summed E-state index contributed by atoms with van der Waals surface area (Å²) in [7, 11) is 0. The molecule has 0 radical (unpaired) electrons. The molecule has 0 spiro atoms. The highest BCUT2D eigenvalue weighted by Gasteiger charge is 2.24. The Kier molecular flexibility index (Phi) is 7.54. The molecule has 1 unspecified atom stereocenters. The summed E-state index contributed by atoms with van der Waals surface area (Å²) in [5.74, 6) is -0.870. The molecule has 5 nitrogen and oxygen atoms in total. The number of carboxylic acids is 1. The number of carbonyl (C=O) groups excluding carboxylic acids is 1. The van der Waals surface area contributed by atoms with E-state index in [0.29, 0.717) is 19.4 Å². The van der Waals surface area contributed by atoms with Gasteiger partial charge in [-0.2, -0.15) is 0 Å². The minimum Gasteiger partial charge on any atom is -0.481 e. The minimum atomic E-state index is -0.788. The molecule has 0 aliphatic heterocycles. The number of rotatable bonds is 9. The fourth-order valence-corrected chi connectivity index (χ4v) is 1.32. The van der Waals surface area contributed by atoms with Crippen LogP contribution in [0.25, 0.3) is 0 Å². The second-order valence-corrected chi connectivity index (χ2v) is 4.58. The number of unbranched alkanes of at least 4 members (excludes halogenated alkanes) is 3. The van der Waals surface area contributed by atoms with Crippen LogP contribution in [0.3, 0.4) is 0 Å². The first kappa shape index (κ1) is 15.9. The van der Waals surface area contributed by atoms with E-state index in [1.54, 1.807) is 6.92 Å². The van der Waals surface area contributed by atoms with Crippen molar-refractivity contribution in [3.05, 3.63) is 0 Å². The summed E-state index contributed by atoms with van der Waals surface area (Å²) in [5.41, 5.74) is 4.99. The average molecular weight is 244 g/mol. The van der Waals surface area contributed by atoms with E-state index >= 15 is 0 Å². The highest BCUT2D eigenvalue weighted by atomic mass is 16.4. The van der Waals surface area contributed by atoms with Gasteiger partial charge in [-0.25, -0.2) is 0 Å². The molecule has 0 aromatic rings. The molecule has 0 aromatic heterocycles. The van der Waals surface area contributed by atoms with Gasteiger partial charge in [0, 0.05) is 13.0 Å². The van der Waals surface area contributed by atoms with Gasteiger partial charge in [-0.1, -0.05) is 19.8 Å². The van der Waals surface area contributed by atoms with Crippen LogP contribution in [-0.4, -0.2) is 29.1 Å². The molecule has 4 N–H and O–H groups in total. The zero-order valence-corrected chi connectivity index (χ0v) is 10.8. The molecule has 0 bridgehead atoms. The van der Waals surface area contributed by atoms with Gasteiger partial charge >= 0.3 is 5.97 Å². The Hall–Kier alpha value is -1.10. The van der Waals surface area contributed by atoms with Crippen LogP contribution in [0, 0.1) is 0 Å². The first-order valence-corrected chi connectivity index (χ1v) is 6.19. The topological polar surface area (TPSA) is 92.4 Å². The van der Waals surface area contributed by atoms with Gasteiger partial charge in [0.15, 0.2) is 0 Å². The zero-order chi connectivity index (χ0) is 13.3. The summed E-state index contributed by atoms with van der Waals surface area (Å²) in [6, 6.07) is 0. The lowest BCUT2D eigenvalue weighted by molar-refractivity contribution is -0.137. The van der Waals surface area contributed by atoms with Crippen LogP contribution in [0.2, 0.25) is 0 Å². The van der Waals surface area contributed by atoms with E-state index in [-0.39, 0.29) is 12.3 Å². The Morgan fingerprint density at radius 2 is 1.82 bits per heavy atom. The fourth-order valence-electron chi connectivity index (χ4n) is 1.32. The van der Waals surface area contributed by atoms with Gasteiger partial charge in [-0.15, -0.1) is 0 Å². The van der Waals surface area contributed by atoms with Crippen molar-refractivity contribution in [3.63, 3.8) is 0 Å². The largest absolute Gasteiger partial charge is 0.481 e. The van der Waals surface area contributed by atoms with Crippen molar-refractivity contribution in [3.8, 4) is 0 Å². The van der Waals surface area contributed by atoms with Gasteiger partial charge in [0.1, 0.15) is 0 Å². The molecule has 0 aliphatic rings. The van der Waals surface area contributed by atoms with Crippen LogP contribution in [0.1, 0.15) is 52.4 Å². The van der Waals surface area contributed by atoms with Crippen molar-refractivity contribution < 1.29 is 14.7 Å². The van der Waals surface area contributed by atoms with E-state index in [9.17, 15) is 9.59 Å². The molecular weight excluding hydrogens is 220 g/mol. The van der Waals surface area contributed by atoms with Crippen molar-refractivity contribution >= 4 is 11.9 Å². The maximum atomic E-state index is 11.6. The van der Waals surface area contributed by atoms with E-state index in [1.165, 1.54) is 0 Å². The van der Waals surface area contributed by atoms with Gasteiger partial charge in [0.05, 0.1) is 5.54 Å². The lowest BCUT2D eigenvalue weighted by Crippen LogP contribution is -2.51. The second-order valence-electron chi connectivity index (χ2n) is 4.58. The minimum absolute atomic E-state index is 0.120. The van der Waals surface area contributed by atoms with E-state index < -0.39 is 11.5 Å². The predicted octanol–water partition coefficient (Wildman–Crippen LogP) is 1.27. The number of hydrogen-bond donors (Lipinski definition) is 3. The van der Waals surface area contributed by atoms with E-state index in [0.717, 1.165) is 19.3 Å². The Morgan fingerprint density at radius 1 is 1.24 bits per heavy atom. The van der Waals surface area contributed by atoms with Crippen molar-refractivity contribution in [2.75, 3.05) is 6.54 Å². The molecule has 0 saturated carbocycles. The summed E-state index contributed by atoms with van der Waals surface area (Å²) in [5, 5.41) is 11.2. The number of aliphatic carboxylic acids is 1. The first-order valence-electron chi connectivity index (χ1n) is 6.19. The molecule has 0 heterocycles. The van der Waals surface area contributed by atoms with Crippen LogP contribution in [0.15, 0.2) is 0 Å². The maximum absolute atomic E-state index is 11.6. The number of carboxylic acid groups (broad SMARTS) is 1. The quantitative estimate of drug-likeness (QED) is 0.532. The van der Waals surface area contributed by atoms with Gasteiger partial charge < -0.3 is 16.2 Å². The molecular formula is C12H24N2O3. The Labute approximate surface area is 103 Å². The van der Waals surface area contributed by atoms with Gasteiger partial charge in [-0.05, 0) is 26.2 Å². The second kappa shape index (κ2) is 8.06. The van der Waals surface area contributed by atoms with Crippen LogP contribution in [-0.2, 0) is 9.59 Å². The third-order valence-electron chi connectivity index (χ3n) is 2.86. The first-order chi connectivity index (χ1) is 7.90. The third kappa shape index (κ3) is 7.74. The highest BCUT2D eigenvalue weighted by molar-refractivity contribution is 5.85. The van der Waals surface area contributed by atoms with Crippen LogP contribution in [0.5, 0.6) is 0 Å². The van der Waals surface area contributed by atoms with E-state index in [2.05, 4.69) is 5.32 Å². The lowest BCUT2D eigenvalue weighted by atomic mass is 9.99. The molecule has 0 fully saturated rings. The van der Waals surface area contributed by atoms with Crippen LogP contribution in [0.4, 0.5) is 0 Å². The van der Waals surface area contributed by atoms with Gasteiger partial charge in [0.25, 0.3) is 0 Å². The van der Waals surface area contributed by atoms with Crippen LogP contribution < -0.4 is 11.1 Å². The number of nitrogens with two attached hydrogens (primary N) is 1.